The molecule has 21 heavy (non-hydrogen) atoms. The molecule has 0 aliphatic carbocycles. The number of ketones is 1. The van der Waals surface area contributed by atoms with Gasteiger partial charge in [-0.2, -0.15) is 0 Å². The number of carbonyl (C=O) groups is 1. The van der Waals surface area contributed by atoms with Gasteiger partial charge in [0.15, 0.2) is 5.78 Å². The van der Waals surface area contributed by atoms with Crippen LogP contribution in [0.5, 0.6) is 0 Å². The van der Waals surface area contributed by atoms with Crippen LogP contribution in [0.2, 0.25) is 5.02 Å². The molecule has 0 bridgehead atoms. The van der Waals surface area contributed by atoms with Gasteiger partial charge in [0.1, 0.15) is 0 Å². The number of aromatic nitrogens is 1. The summed E-state index contributed by atoms with van der Waals surface area (Å²) in [4.78, 5) is 12.7. The van der Waals surface area contributed by atoms with Gasteiger partial charge in [0.25, 0.3) is 0 Å². The van der Waals surface area contributed by atoms with Crippen molar-refractivity contribution in [1.29, 1.82) is 0 Å². The maximum Gasteiger partial charge on any atom is 0.195 e. The van der Waals surface area contributed by atoms with Crippen LogP contribution in [0.1, 0.15) is 15.9 Å². The molecular formula is C18H14ClNO. The summed E-state index contributed by atoms with van der Waals surface area (Å²) >= 11 is 5.88. The molecule has 0 saturated heterocycles. The first-order valence-electron chi connectivity index (χ1n) is 6.67. The third kappa shape index (κ3) is 2.76. The van der Waals surface area contributed by atoms with E-state index in [9.17, 15) is 4.79 Å². The van der Waals surface area contributed by atoms with Crippen LogP contribution in [0.3, 0.4) is 0 Å². The van der Waals surface area contributed by atoms with Crippen molar-refractivity contribution in [2.24, 2.45) is 7.05 Å². The van der Waals surface area contributed by atoms with Crippen molar-refractivity contribution in [2.75, 3.05) is 0 Å². The van der Waals surface area contributed by atoms with E-state index in [4.69, 9.17) is 11.6 Å². The second-order valence-corrected chi connectivity index (χ2v) is 5.39. The summed E-state index contributed by atoms with van der Waals surface area (Å²) in [6.07, 6.45) is 3.83. The van der Waals surface area contributed by atoms with Gasteiger partial charge in [0.2, 0.25) is 0 Å². The summed E-state index contributed by atoms with van der Waals surface area (Å²) < 4.78 is 1.91. The van der Waals surface area contributed by atoms with Gasteiger partial charge < -0.3 is 4.57 Å². The molecule has 0 fully saturated rings. The van der Waals surface area contributed by atoms with Crippen LogP contribution in [0, 0.1) is 0 Å². The molecule has 3 rings (SSSR count). The van der Waals surface area contributed by atoms with Gasteiger partial charge in [0.05, 0.1) is 0 Å². The Labute approximate surface area is 128 Å². The van der Waals surface area contributed by atoms with Gasteiger partial charge in [-0.1, -0.05) is 41.9 Å². The zero-order valence-corrected chi connectivity index (χ0v) is 12.3. The lowest BCUT2D eigenvalue weighted by Gasteiger charge is -2.04. The van der Waals surface area contributed by atoms with Crippen molar-refractivity contribution in [1.82, 2.24) is 4.57 Å². The minimum Gasteiger partial charge on any atom is -0.356 e. The van der Waals surface area contributed by atoms with Gasteiger partial charge in [0, 0.05) is 41.2 Å². The highest BCUT2D eigenvalue weighted by Crippen LogP contribution is 2.26. The maximum atomic E-state index is 12.7. The molecule has 0 spiro atoms. The Morgan fingerprint density at radius 2 is 1.62 bits per heavy atom. The largest absolute Gasteiger partial charge is 0.356 e. The quantitative estimate of drug-likeness (QED) is 0.648. The first-order chi connectivity index (χ1) is 10.1. The van der Waals surface area contributed by atoms with Crippen molar-refractivity contribution < 1.29 is 4.79 Å². The number of hydrogen-bond donors (Lipinski definition) is 0. The molecule has 0 radical (unpaired) electrons. The van der Waals surface area contributed by atoms with Gasteiger partial charge >= 0.3 is 0 Å². The van der Waals surface area contributed by atoms with Crippen LogP contribution in [0.4, 0.5) is 0 Å². The summed E-state index contributed by atoms with van der Waals surface area (Å²) in [6.45, 7) is 0. The average molecular weight is 296 g/mol. The number of hydrogen-bond acceptors (Lipinski definition) is 1. The molecule has 0 amide bonds. The molecule has 104 valence electrons. The van der Waals surface area contributed by atoms with E-state index in [2.05, 4.69) is 0 Å². The Kier molecular flexibility index (Phi) is 3.63. The highest BCUT2D eigenvalue weighted by molar-refractivity contribution is 6.30. The van der Waals surface area contributed by atoms with Crippen LogP contribution >= 0.6 is 11.6 Å². The summed E-state index contributed by atoms with van der Waals surface area (Å²) in [6, 6.07) is 16.9. The molecule has 0 aliphatic heterocycles. The molecular weight excluding hydrogens is 282 g/mol. The number of rotatable bonds is 3. The topological polar surface area (TPSA) is 22.0 Å². The van der Waals surface area contributed by atoms with E-state index in [-0.39, 0.29) is 5.78 Å². The molecule has 2 nitrogen and oxygen atoms in total. The molecule has 0 atom stereocenters. The normalized spacial score (nSPS) is 10.6. The first kappa shape index (κ1) is 13.7. The fraction of sp³-hybridized carbons (Fsp3) is 0.0556. The lowest BCUT2D eigenvalue weighted by Crippen LogP contribution is -2.01. The molecule has 0 saturated carbocycles. The van der Waals surface area contributed by atoms with Crippen LogP contribution in [0.15, 0.2) is 67.0 Å². The minimum atomic E-state index is 0.00567. The number of aryl methyl sites for hydroxylation is 1. The van der Waals surface area contributed by atoms with Gasteiger partial charge in [-0.25, -0.2) is 0 Å². The average Bonchev–Trinajstić information content (AvgIpc) is 2.90. The molecule has 0 N–H and O–H groups in total. The van der Waals surface area contributed by atoms with E-state index < -0.39 is 0 Å². The van der Waals surface area contributed by atoms with E-state index in [0.29, 0.717) is 16.1 Å². The SMILES string of the molecule is Cn1cc(C(=O)c2ccc(Cl)cc2)c(-c2ccccc2)c1. The van der Waals surface area contributed by atoms with E-state index in [1.807, 2.05) is 54.3 Å². The predicted molar refractivity (Wildman–Crippen MR) is 85.7 cm³/mol. The minimum absolute atomic E-state index is 0.00567. The summed E-state index contributed by atoms with van der Waals surface area (Å²) in [5.74, 6) is 0.00567. The molecule has 1 aromatic heterocycles. The highest BCUT2D eigenvalue weighted by atomic mass is 35.5. The lowest BCUT2D eigenvalue weighted by molar-refractivity contribution is 0.103. The third-order valence-corrected chi connectivity index (χ3v) is 3.64. The second-order valence-electron chi connectivity index (χ2n) is 4.95. The van der Waals surface area contributed by atoms with Crippen molar-refractivity contribution >= 4 is 17.4 Å². The Hall–Kier alpha value is -2.32. The molecule has 3 aromatic rings. The molecule has 2 aromatic carbocycles. The van der Waals surface area contributed by atoms with Gasteiger partial charge in [-0.15, -0.1) is 0 Å². The lowest BCUT2D eigenvalue weighted by atomic mass is 9.98. The van der Waals surface area contributed by atoms with Crippen molar-refractivity contribution in [3.05, 3.63) is 83.1 Å². The fourth-order valence-corrected chi connectivity index (χ4v) is 2.50. The van der Waals surface area contributed by atoms with E-state index in [0.717, 1.165) is 11.1 Å². The van der Waals surface area contributed by atoms with Crippen LogP contribution in [-0.4, -0.2) is 10.4 Å². The monoisotopic (exact) mass is 295 g/mol. The maximum absolute atomic E-state index is 12.7. The Balaban J connectivity index is 2.07. The summed E-state index contributed by atoms with van der Waals surface area (Å²) in [5, 5.41) is 0.628. The molecule has 0 unspecified atom stereocenters. The number of halogens is 1. The van der Waals surface area contributed by atoms with E-state index in [1.54, 1.807) is 24.3 Å². The van der Waals surface area contributed by atoms with Crippen LogP contribution in [-0.2, 0) is 7.05 Å². The number of nitrogens with zero attached hydrogens (tertiary/aromatic N) is 1. The van der Waals surface area contributed by atoms with E-state index >= 15 is 0 Å². The van der Waals surface area contributed by atoms with Crippen LogP contribution < -0.4 is 0 Å². The van der Waals surface area contributed by atoms with Crippen LogP contribution in [0.25, 0.3) is 11.1 Å². The predicted octanol–water partition coefficient (Wildman–Crippen LogP) is 4.58. The van der Waals surface area contributed by atoms with Gasteiger partial charge in [-0.3, -0.25) is 4.79 Å². The number of carbonyl (C=O) groups excluding carboxylic acids is 1. The Morgan fingerprint density at radius 3 is 2.29 bits per heavy atom. The third-order valence-electron chi connectivity index (χ3n) is 3.39. The zero-order chi connectivity index (χ0) is 14.8. The molecule has 1 heterocycles. The summed E-state index contributed by atoms with van der Waals surface area (Å²) in [7, 11) is 1.92. The Bertz CT molecular complexity index is 773. The van der Waals surface area contributed by atoms with E-state index in [1.165, 1.54) is 0 Å². The standard InChI is InChI=1S/C18H14ClNO/c1-20-11-16(13-5-3-2-4-6-13)17(12-20)18(21)14-7-9-15(19)10-8-14/h2-12H,1H3. The highest BCUT2D eigenvalue weighted by Gasteiger charge is 2.16. The van der Waals surface area contributed by atoms with Crippen molar-refractivity contribution in [3.8, 4) is 11.1 Å². The molecule has 0 aliphatic rings. The second kappa shape index (κ2) is 5.58. The summed E-state index contributed by atoms with van der Waals surface area (Å²) in [5.41, 5.74) is 3.32. The van der Waals surface area contributed by atoms with Crippen molar-refractivity contribution in [2.45, 2.75) is 0 Å². The fourth-order valence-electron chi connectivity index (χ4n) is 2.37. The molecule has 3 heteroatoms. The Morgan fingerprint density at radius 1 is 0.952 bits per heavy atom. The van der Waals surface area contributed by atoms with Gasteiger partial charge in [-0.05, 0) is 29.8 Å². The first-order valence-corrected chi connectivity index (χ1v) is 7.04. The van der Waals surface area contributed by atoms with Crippen molar-refractivity contribution in [3.63, 3.8) is 0 Å². The zero-order valence-electron chi connectivity index (χ0n) is 11.6. The number of benzene rings is 2. The smallest absolute Gasteiger partial charge is 0.195 e.